The zero-order chi connectivity index (χ0) is 19.1. The second-order valence-corrected chi connectivity index (χ2v) is 7.67. The van der Waals surface area contributed by atoms with Gasteiger partial charge in [-0.1, -0.05) is 19.3 Å². The van der Waals surface area contributed by atoms with Gasteiger partial charge in [-0.2, -0.15) is 0 Å². The van der Waals surface area contributed by atoms with Crippen molar-refractivity contribution >= 4 is 29.9 Å². The molecule has 158 valence electrons. The number of hydrogen-bond donors (Lipinski definition) is 3. The van der Waals surface area contributed by atoms with Gasteiger partial charge in [-0.05, 0) is 43.9 Å². The third kappa shape index (κ3) is 6.40. The lowest BCUT2D eigenvalue weighted by Crippen LogP contribution is -2.50. The van der Waals surface area contributed by atoms with E-state index in [1.807, 2.05) is 6.07 Å². The highest BCUT2D eigenvalue weighted by Gasteiger charge is 2.26. The van der Waals surface area contributed by atoms with Crippen molar-refractivity contribution in [1.82, 2.24) is 15.5 Å². The normalized spacial score (nSPS) is 19.7. The monoisotopic (exact) mass is 502 g/mol. The van der Waals surface area contributed by atoms with Crippen LogP contribution in [0.5, 0.6) is 11.5 Å². The van der Waals surface area contributed by atoms with Gasteiger partial charge in [0.25, 0.3) is 0 Å². The molecule has 1 saturated carbocycles. The van der Waals surface area contributed by atoms with Crippen molar-refractivity contribution in [2.75, 3.05) is 27.2 Å². The van der Waals surface area contributed by atoms with Gasteiger partial charge in [-0.15, -0.1) is 24.0 Å². The molecule has 2 aliphatic rings. The van der Waals surface area contributed by atoms with Crippen molar-refractivity contribution in [3.63, 3.8) is 0 Å². The van der Waals surface area contributed by atoms with Crippen molar-refractivity contribution in [1.29, 1.82) is 0 Å². The second kappa shape index (κ2) is 11.7. The lowest BCUT2D eigenvalue weighted by Gasteiger charge is -2.39. The summed E-state index contributed by atoms with van der Waals surface area (Å²) in [6, 6.07) is 6.53. The average molecular weight is 502 g/mol. The molecule has 0 amide bonds. The summed E-state index contributed by atoms with van der Waals surface area (Å²) in [6.07, 6.45) is 9.28. The smallest absolute Gasteiger partial charge is 0.191 e. The van der Waals surface area contributed by atoms with Gasteiger partial charge in [0, 0.05) is 44.3 Å². The van der Waals surface area contributed by atoms with Gasteiger partial charge in [-0.25, -0.2) is 0 Å². The van der Waals surface area contributed by atoms with E-state index in [1.165, 1.54) is 45.2 Å². The second-order valence-electron chi connectivity index (χ2n) is 7.67. The first-order valence-corrected chi connectivity index (χ1v) is 10.3. The Labute approximate surface area is 186 Å². The molecule has 1 heterocycles. The van der Waals surface area contributed by atoms with Crippen molar-refractivity contribution in [2.45, 2.75) is 63.6 Å². The van der Waals surface area contributed by atoms with Crippen LogP contribution in [0.25, 0.3) is 0 Å². The number of halogens is 1. The van der Waals surface area contributed by atoms with Crippen molar-refractivity contribution in [2.24, 2.45) is 4.99 Å². The molecular weight excluding hydrogens is 467 g/mol. The van der Waals surface area contributed by atoms with Gasteiger partial charge in [0.15, 0.2) is 5.96 Å². The molecule has 3 N–H and O–H groups in total. The van der Waals surface area contributed by atoms with Crippen LogP contribution in [0, 0.1) is 0 Å². The summed E-state index contributed by atoms with van der Waals surface area (Å²) in [5.74, 6) is 1.79. The van der Waals surface area contributed by atoms with Crippen LogP contribution in [0.1, 0.15) is 50.5 Å². The maximum absolute atomic E-state index is 10.0. The highest BCUT2D eigenvalue weighted by molar-refractivity contribution is 14.0. The number of nitrogens with one attached hydrogen (secondary N) is 2. The van der Waals surface area contributed by atoms with Crippen LogP contribution in [-0.2, 0) is 6.54 Å². The maximum Gasteiger partial charge on any atom is 0.191 e. The Morgan fingerprint density at radius 2 is 1.89 bits per heavy atom. The van der Waals surface area contributed by atoms with Gasteiger partial charge in [0.1, 0.15) is 11.5 Å². The number of hydrogen-bond acceptors (Lipinski definition) is 4. The van der Waals surface area contributed by atoms with E-state index < -0.39 is 0 Å². The number of ether oxygens (including phenoxy) is 1. The van der Waals surface area contributed by atoms with Crippen LogP contribution in [0.2, 0.25) is 0 Å². The molecule has 1 aromatic rings. The fourth-order valence-electron chi connectivity index (χ4n) is 4.25. The minimum Gasteiger partial charge on any atom is -0.508 e. The number of likely N-dealkylation sites (tertiary alicyclic amines) is 1. The van der Waals surface area contributed by atoms with Gasteiger partial charge in [0.2, 0.25) is 0 Å². The van der Waals surface area contributed by atoms with Crippen LogP contribution in [0.4, 0.5) is 0 Å². The number of phenolic OH excluding ortho intramolecular Hbond substituents is 1. The fraction of sp³-hybridized carbons (Fsp3) is 0.667. The van der Waals surface area contributed by atoms with Crippen LogP contribution in [0.15, 0.2) is 23.2 Å². The molecule has 0 unspecified atom stereocenters. The van der Waals surface area contributed by atoms with Gasteiger partial charge in [-0.3, -0.25) is 4.99 Å². The molecule has 1 saturated heterocycles. The number of phenols is 1. The predicted octanol–water partition coefficient (Wildman–Crippen LogP) is 3.48. The summed E-state index contributed by atoms with van der Waals surface area (Å²) in [6.45, 7) is 2.86. The van der Waals surface area contributed by atoms with Crippen molar-refractivity contribution in [3.8, 4) is 11.5 Å². The topological polar surface area (TPSA) is 69.1 Å². The van der Waals surface area contributed by atoms with Gasteiger partial charge < -0.3 is 25.4 Å². The van der Waals surface area contributed by atoms with Crippen LogP contribution in [-0.4, -0.2) is 55.3 Å². The Kier molecular flexibility index (Phi) is 9.64. The number of piperidine rings is 1. The predicted molar refractivity (Wildman–Crippen MR) is 125 cm³/mol. The number of methoxy groups -OCH3 is 1. The Hall–Kier alpha value is -1.22. The third-order valence-corrected chi connectivity index (χ3v) is 5.92. The lowest BCUT2D eigenvalue weighted by molar-refractivity contribution is 0.119. The van der Waals surface area contributed by atoms with Gasteiger partial charge in [0.05, 0.1) is 7.11 Å². The molecule has 0 atom stereocenters. The summed E-state index contributed by atoms with van der Waals surface area (Å²) in [7, 11) is 3.42. The number of aliphatic imine (C=N–C) groups is 1. The van der Waals surface area contributed by atoms with E-state index in [0.717, 1.165) is 36.2 Å². The van der Waals surface area contributed by atoms with Crippen molar-refractivity contribution < 1.29 is 9.84 Å². The molecule has 28 heavy (non-hydrogen) atoms. The first-order valence-electron chi connectivity index (χ1n) is 10.3. The fourth-order valence-corrected chi connectivity index (χ4v) is 4.25. The first-order chi connectivity index (χ1) is 13.2. The standard InChI is InChI=1S/C21H34N4O2.HI/c1-22-21(23-15-16-14-19(27-2)8-9-20(16)26)24-17-10-12-25(13-11-17)18-6-4-3-5-7-18;/h8-9,14,17-18,26H,3-7,10-13,15H2,1-2H3,(H2,22,23,24);1H. The number of benzene rings is 1. The quantitative estimate of drug-likeness (QED) is 0.327. The Morgan fingerprint density at radius 3 is 2.54 bits per heavy atom. The van der Waals surface area contributed by atoms with E-state index in [1.54, 1.807) is 26.3 Å². The highest BCUT2D eigenvalue weighted by Crippen LogP contribution is 2.25. The van der Waals surface area contributed by atoms with Crippen LogP contribution >= 0.6 is 24.0 Å². The Balaban J connectivity index is 0.00000280. The van der Waals surface area contributed by atoms with Crippen LogP contribution < -0.4 is 15.4 Å². The van der Waals surface area contributed by atoms with Crippen LogP contribution in [0.3, 0.4) is 0 Å². The van der Waals surface area contributed by atoms with E-state index in [-0.39, 0.29) is 29.7 Å². The van der Waals surface area contributed by atoms with E-state index in [0.29, 0.717) is 12.6 Å². The van der Waals surface area contributed by atoms with E-state index in [2.05, 4.69) is 20.5 Å². The molecular formula is C21H35IN4O2. The molecule has 6 nitrogen and oxygen atoms in total. The first kappa shape index (κ1) is 23.1. The molecule has 2 fully saturated rings. The molecule has 1 aliphatic heterocycles. The molecule has 0 aromatic heterocycles. The minimum absolute atomic E-state index is 0. The molecule has 0 radical (unpaired) electrons. The zero-order valence-electron chi connectivity index (χ0n) is 17.1. The molecule has 7 heteroatoms. The molecule has 1 aromatic carbocycles. The number of rotatable bonds is 5. The average Bonchev–Trinajstić information content (AvgIpc) is 2.73. The SMILES string of the molecule is CN=C(NCc1cc(OC)ccc1O)NC1CCN(C2CCCCC2)CC1.I. The Bertz CT molecular complexity index is 627. The highest BCUT2D eigenvalue weighted by atomic mass is 127. The largest absolute Gasteiger partial charge is 0.508 e. The number of nitrogens with zero attached hydrogens (tertiary/aromatic N) is 2. The van der Waals surface area contributed by atoms with E-state index in [4.69, 9.17) is 4.74 Å². The molecule has 0 spiro atoms. The van der Waals surface area contributed by atoms with E-state index >= 15 is 0 Å². The summed E-state index contributed by atoms with van der Waals surface area (Å²) in [5, 5.41) is 16.9. The third-order valence-electron chi connectivity index (χ3n) is 5.92. The number of aromatic hydroxyl groups is 1. The summed E-state index contributed by atoms with van der Waals surface area (Å²) in [5.41, 5.74) is 0.796. The van der Waals surface area contributed by atoms with Crippen molar-refractivity contribution in [3.05, 3.63) is 23.8 Å². The number of guanidine groups is 1. The Morgan fingerprint density at radius 1 is 1.18 bits per heavy atom. The van der Waals surface area contributed by atoms with Gasteiger partial charge >= 0.3 is 0 Å². The van der Waals surface area contributed by atoms with E-state index in [9.17, 15) is 5.11 Å². The molecule has 0 bridgehead atoms. The minimum atomic E-state index is 0. The lowest BCUT2D eigenvalue weighted by atomic mass is 9.92. The molecule has 1 aliphatic carbocycles. The molecule has 3 rings (SSSR count). The zero-order valence-corrected chi connectivity index (χ0v) is 19.4. The maximum atomic E-state index is 10.0. The summed E-state index contributed by atoms with van der Waals surface area (Å²) in [4.78, 5) is 7.04. The summed E-state index contributed by atoms with van der Waals surface area (Å²) >= 11 is 0. The summed E-state index contributed by atoms with van der Waals surface area (Å²) < 4.78 is 5.24.